The maximum Gasteiger partial charge on any atom is 0.573 e. The summed E-state index contributed by atoms with van der Waals surface area (Å²) < 4.78 is 97.2. The van der Waals surface area contributed by atoms with E-state index >= 15 is 0 Å². The van der Waals surface area contributed by atoms with Gasteiger partial charge in [0.05, 0.1) is 11.3 Å². The minimum absolute atomic E-state index is 0.0840. The third-order valence-electron chi connectivity index (χ3n) is 5.59. The fourth-order valence-corrected chi connectivity index (χ4v) is 4.18. The molecule has 1 aliphatic rings. The first-order valence-corrected chi connectivity index (χ1v) is 9.79. The average molecular weight is 499 g/mol. The van der Waals surface area contributed by atoms with Gasteiger partial charge in [0.2, 0.25) is 5.91 Å². The Morgan fingerprint density at radius 3 is 2.06 bits per heavy atom. The molecule has 1 heterocycles. The van der Waals surface area contributed by atoms with Gasteiger partial charge >= 0.3 is 19.7 Å². The van der Waals surface area contributed by atoms with Crippen LogP contribution in [0.1, 0.15) is 22.3 Å². The molecule has 4 rings (SSSR count). The van der Waals surface area contributed by atoms with Gasteiger partial charge in [-0.25, -0.2) is 4.39 Å². The van der Waals surface area contributed by atoms with Gasteiger partial charge in [-0.3, -0.25) is 4.79 Å². The number of nitrogens with one attached hydrogen (secondary N) is 1. The van der Waals surface area contributed by atoms with Crippen molar-refractivity contribution in [2.75, 3.05) is 5.32 Å². The lowest BCUT2D eigenvalue weighted by Crippen LogP contribution is -2.39. The molecule has 0 radical (unpaired) electrons. The van der Waals surface area contributed by atoms with E-state index in [0.29, 0.717) is 0 Å². The summed E-state index contributed by atoms with van der Waals surface area (Å²) >= 11 is 0. The Morgan fingerprint density at radius 1 is 0.886 bits per heavy atom. The van der Waals surface area contributed by atoms with Crippen molar-refractivity contribution in [1.82, 2.24) is 0 Å². The molecule has 0 unspecified atom stereocenters. The highest BCUT2D eigenvalue weighted by Gasteiger charge is 2.52. The number of fused-ring (bicyclic) bond motifs is 1. The summed E-state index contributed by atoms with van der Waals surface area (Å²) in [6, 6.07) is 9.62. The van der Waals surface area contributed by atoms with Crippen LogP contribution in [0.25, 0.3) is 0 Å². The van der Waals surface area contributed by atoms with E-state index in [1.807, 2.05) is 0 Å². The molecule has 0 spiro atoms. The van der Waals surface area contributed by atoms with Crippen molar-refractivity contribution < 1.29 is 50.3 Å². The molecule has 5 nitrogen and oxygen atoms in total. The van der Waals surface area contributed by atoms with Crippen LogP contribution in [0, 0.1) is 5.82 Å². The van der Waals surface area contributed by atoms with Crippen LogP contribution in [0.15, 0.2) is 60.7 Å². The quantitative estimate of drug-likeness (QED) is 0.378. The van der Waals surface area contributed by atoms with Crippen LogP contribution in [0.5, 0.6) is 5.75 Å². The fraction of sp³-hybridized carbons (Fsp3) is 0.136. The second-order valence-electron chi connectivity index (χ2n) is 7.61. The zero-order valence-corrected chi connectivity index (χ0v) is 17.2. The number of rotatable bonds is 4. The van der Waals surface area contributed by atoms with E-state index < -0.39 is 59.3 Å². The number of carbonyl (C=O) groups excluding carboxylic acids is 1. The molecule has 0 aromatic heterocycles. The highest BCUT2D eigenvalue weighted by atomic mass is 19.4. The van der Waals surface area contributed by atoms with E-state index in [1.165, 1.54) is 6.07 Å². The molecular formula is C22H13BF7NO4. The van der Waals surface area contributed by atoms with Gasteiger partial charge in [0.15, 0.2) is 0 Å². The molecule has 35 heavy (non-hydrogen) atoms. The monoisotopic (exact) mass is 499 g/mol. The maximum atomic E-state index is 14.7. The minimum atomic E-state index is -5.01. The fourth-order valence-electron chi connectivity index (χ4n) is 4.18. The molecule has 3 aromatic rings. The number of para-hydroxylation sites is 1. The molecule has 1 aliphatic heterocycles. The highest BCUT2D eigenvalue weighted by Crippen LogP contribution is 2.51. The van der Waals surface area contributed by atoms with E-state index in [9.17, 15) is 45.6 Å². The predicted octanol–water partition coefficient (Wildman–Crippen LogP) is 3.71. The lowest BCUT2D eigenvalue weighted by atomic mass is 9.68. The molecule has 0 saturated carbocycles. The SMILES string of the molecule is O=C1Nc2c(C(F)(F)F)cccc2[C@@]1(c1ccc(OC(F)(F)F)cc1)c1ccc(B(O)O)c(F)c1. The summed E-state index contributed by atoms with van der Waals surface area (Å²) in [7, 11) is -2.21. The summed E-state index contributed by atoms with van der Waals surface area (Å²) in [6.07, 6.45) is -9.88. The predicted molar refractivity (Wildman–Crippen MR) is 109 cm³/mol. The Morgan fingerprint density at radius 2 is 1.51 bits per heavy atom. The third kappa shape index (κ3) is 4.21. The van der Waals surface area contributed by atoms with Gasteiger partial charge in [0, 0.05) is 11.0 Å². The van der Waals surface area contributed by atoms with Gasteiger partial charge in [-0.1, -0.05) is 36.4 Å². The van der Waals surface area contributed by atoms with E-state index in [4.69, 9.17) is 0 Å². The van der Waals surface area contributed by atoms with Crippen molar-refractivity contribution in [2.45, 2.75) is 18.0 Å². The molecule has 3 aromatic carbocycles. The Balaban J connectivity index is 1.99. The summed E-state index contributed by atoms with van der Waals surface area (Å²) in [5.74, 6) is -2.84. The molecule has 0 saturated heterocycles. The Hall–Kier alpha value is -3.58. The van der Waals surface area contributed by atoms with E-state index in [2.05, 4.69) is 10.1 Å². The second-order valence-corrected chi connectivity index (χ2v) is 7.61. The lowest BCUT2D eigenvalue weighted by molar-refractivity contribution is -0.274. The van der Waals surface area contributed by atoms with Gasteiger partial charge in [0.1, 0.15) is 17.0 Å². The standard InChI is InChI=1S/C22H13BF7NO4/c24-17-10-12(6-9-16(17)23(33)34)20(11-4-7-13(8-5-11)35-22(28,29)30)14-2-1-3-15(21(25,26)27)18(14)31-19(20)32/h1-10,33-34H,(H,31,32)/t20-/m1/s1. The molecule has 182 valence electrons. The van der Waals surface area contributed by atoms with Gasteiger partial charge in [-0.2, -0.15) is 13.2 Å². The van der Waals surface area contributed by atoms with Crippen LogP contribution >= 0.6 is 0 Å². The number of anilines is 1. The van der Waals surface area contributed by atoms with Crippen LogP contribution in [0.4, 0.5) is 36.4 Å². The molecule has 1 amide bonds. The van der Waals surface area contributed by atoms with Gasteiger partial charge in [0.25, 0.3) is 0 Å². The zero-order valence-electron chi connectivity index (χ0n) is 17.2. The molecule has 0 aliphatic carbocycles. The summed E-state index contributed by atoms with van der Waals surface area (Å²) in [5, 5.41) is 20.8. The van der Waals surface area contributed by atoms with Crippen LogP contribution in [0.3, 0.4) is 0 Å². The Labute approximate surface area is 192 Å². The molecule has 0 bridgehead atoms. The van der Waals surface area contributed by atoms with Crippen molar-refractivity contribution in [1.29, 1.82) is 0 Å². The topological polar surface area (TPSA) is 78.8 Å². The van der Waals surface area contributed by atoms with Crippen LogP contribution in [-0.4, -0.2) is 29.4 Å². The van der Waals surface area contributed by atoms with Crippen molar-refractivity contribution in [3.05, 3.63) is 88.7 Å². The number of alkyl halides is 6. The normalized spacial score (nSPS) is 17.7. The molecule has 3 N–H and O–H groups in total. The van der Waals surface area contributed by atoms with Gasteiger partial charge < -0.3 is 20.1 Å². The first-order valence-electron chi connectivity index (χ1n) is 9.79. The third-order valence-corrected chi connectivity index (χ3v) is 5.59. The number of benzene rings is 3. The summed E-state index contributed by atoms with van der Waals surface area (Å²) in [4.78, 5) is 13.4. The first kappa shape index (κ1) is 24.5. The lowest BCUT2D eigenvalue weighted by Gasteiger charge is -2.29. The molecule has 1 atom stereocenters. The number of hydrogen-bond donors (Lipinski definition) is 3. The van der Waals surface area contributed by atoms with Crippen molar-refractivity contribution in [3.63, 3.8) is 0 Å². The molecule has 13 heteroatoms. The highest BCUT2D eigenvalue weighted by molar-refractivity contribution is 6.58. The molecular weight excluding hydrogens is 486 g/mol. The van der Waals surface area contributed by atoms with Crippen molar-refractivity contribution in [3.8, 4) is 5.75 Å². The first-order chi connectivity index (χ1) is 16.2. The average Bonchev–Trinajstić information content (AvgIpc) is 3.04. The molecule has 0 fully saturated rings. The number of halogens is 7. The number of hydrogen-bond acceptors (Lipinski definition) is 4. The second kappa shape index (κ2) is 8.27. The Kier molecular flexibility index (Phi) is 5.80. The zero-order chi connectivity index (χ0) is 25.8. The van der Waals surface area contributed by atoms with Crippen LogP contribution in [-0.2, 0) is 16.4 Å². The van der Waals surface area contributed by atoms with Gasteiger partial charge in [-0.15, -0.1) is 13.2 Å². The summed E-state index contributed by atoms with van der Waals surface area (Å²) in [5.41, 5.74) is -4.94. The number of ether oxygens (including phenoxy) is 1. The minimum Gasteiger partial charge on any atom is -0.423 e. The van der Waals surface area contributed by atoms with E-state index in [1.54, 1.807) is 0 Å². The van der Waals surface area contributed by atoms with Gasteiger partial charge in [-0.05, 0) is 35.4 Å². The van der Waals surface area contributed by atoms with Crippen molar-refractivity contribution >= 4 is 24.2 Å². The van der Waals surface area contributed by atoms with E-state index in [0.717, 1.165) is 54.6 Å². The smallest absolute Gasteiger partial charge is 0.423 e. The van der Waals surface area contributed by atoms with Crippen LogP contribution < -0.4 is 15.5 Å². The maximum absolute atomic E-state index is 14.7. The summed E-state index contributed by atoms with van der Waals surface area (Å²) in [6.45, 7) is 0. The number of amides is 1. The largest absolute Gasteiger partial charge is 0.573 e. The Bertz CT molecular complexity index is 1290. The van der Waals surface area contributed by atoms with Crippen LogP contribution in [0.2, 0.25) is 0 Å². The van der Waals surface area contributed by atoms with Crippen molar-refractivity contribution in [2.24, 2.45) is 0 Å². The van der Waals surface area contributed by atoms with E-state index in [-0.39, 0.29) is 16.7 Å². The number of carbonyl (C=O) groups is 1.